The number of benzene rings is 1. The molecule has 0 saturated carbocycles. The molecular formula is C13H19NO. The molecule has 2 atom stereocenters. The molecule has 3 N–H and O–H groups in total. The van der Waals surface area contributed by atoms with E-state index in [-0.39, 0.29) is 0 Å². The van der Waals surface area contributed by atoms with Crippen molar-refractivity contribution in [2.45, 2.75) is 38.6 Å². The maximum atomic E-state index is 9.38. The molecule has 2 rings (SSSR count). The second-order valence-electron chi connectivity index (χ2n) is 4.77. The maximum absolute atomic E-state index is 9.38. The van der Waals surface area contributed by atoms with Crippen LogP contribution in [0, 0.1) is 5.92 Å². The third kappa shape index (κ3) is 2.51. The molecule has 0 aliphatic heterocycles. The highest BCUT2D eigenvalue weighted by atomic mass is 16.3. The van der Waals surface area contributed by atoms with Gasteiger partial charge in [0, 0.05) is 6.04 Å². The van der Waals surface area contributed by atoms with Crippen LogP contribution in [-0.2, 0) is 12.8 Å². The Balaban J connectivity index is 2.10. The van der Waals surface area contributed by atoms with Gasteiger partial charge in [0.1, 0.15) is 5.75 Å². The van der Waals surface area contributed by atoms with Crippen molar-refractivity contribution in [1.82, 2.24) is 0 Å². The number of nitrogens with two attached hydrogens (primary N) is 1. The summed E-state index contributed by atoms with van der Waals surface area (Å²) in [4.78, 5) is 0. The molecule has 0 spiro atoms. The lowest BCUT2D eigenvalue weighted by molar-refractivity contribution is 0.396. The molecule has 0 amide bonds. The van der Waals surface area contributed by atoms with E-state index in [9.17, 15) is 5.11 Å². The molecule has 0 fully saturated rings. The number of phenols is 1. The highest BCUT2D eigenvalue weighted by Gasteiger charge is 2.19. The molecule has 2 unspecified atom stereocenters. The monoisotopic (exact) mass is 205 g/mol. The number of aromatic hydroxyl groups is 1. The summed E-state index contributed by atoms with van der Waals surface area (Å²) in [5.41, 5.74) is 8.54. The second-order valence-corrected chi connectivity index (χ2v) is 4.77. The molecule has 0 bridgehead atoms. The van der Waals surface area contributed by atoms with Crippen LogP contribution in [0.2, 0.25) is 0 Å². The summed E-state index contributed by atoms with van der Waals surface area (Å²) < 4.78 is 0. The first-order chi connectivity index (χ1) is 7.15. The number of aryl methyl sites for hydroxylation is 1. The molecule has 82 valence electrons. The molecule has 0 heterocycles. The smallest absolute Gasteiger partial charge is 0.115 e. The van der Waals surface area contributed by atoms with Crippen LogP contribution in [0.1, 0.15) is 30.9 Å². The lowest BCUT2D eigenvalue weighted by Gasteiger charge is -2.25. The van der Waals surface area contributed by atoms with Crippen molar-refractivity contribution in [3.8, 4) is 5.75 Å². The Bertz CT molecular complexity index is 346. The van der Waals surface area contributed by atoms with Crippen molar-refractivity contribution in [2.75, 3.05) is 0 Å². The van der Waals surface area contributed by atoms with Crippen molar-refractivity contribution in [3.05, 3.63) is 29.3 Å². The van der Waals surface area contributed by atoms with Gasteiger partial charge in [0.25, 0.3) is 0 Å². The third-order valence-corrected chi connectivity index (χ3v) is 3.23. The first-order valence-electron chi connectivity index (χ1n) is 5.71. The van der Waals surface area contributed by atoms with Crippen LogP contribution in [0.3, 0.4) is 0 Å². The lowest BCUT2D eigenvalue weighted by Crippen LogP contribution is -2.23. The third-order valence-electron chi connectivity index (χ3n) is 3.23. The minimum atomic E-state index is 0.300. The van der Waals surface area contributed by atoms with E-state index in [1.165, 1.54) is 17.5 Å². The van der Waals surface area contributed by atoms with Crippen LogP contribution < -0.4 is 5.73 Å². The van der Waals surface area contributed by atoms with E-state index >= 15 is 0 Å². The highest BCUT2D eigenvalue weighted by Crippen LogP contribution is 2.30. The summed E-state index contributed by atoms with van der Waals surface area (Å²) in [5.74, 6) is 1.11. The fourth-order valence-corrected chi connectivity index (χ4v) is 2.54. The Morgan fingerprint density at radius 1 is 1.47 bits per heavy atom. The summed E-state index contributed by atoms with van der Waals surface area (Å²) >= 11 is 0. The zero-order valence-corrected chi connectivity index (χ0v) is 9.24. The number of phenolic OH excluding ortho intramolecular Hbond substituents is 1. The Kier molecular flexibility index (Phi) is 2.96. The Morgan fingerprint density at radius 3 is 3.00 bits per heavy atom. The van der Waals surface area contributed by atoms with Gasteiger partial charge in [-0.2, -0.15) is 0 Å². The van der Waals surface area contributed by atoms with Crippen LogP contribution in [0.15, 0.2) is 18.2 Å². The first-order valence-corrected chi connectivity index (χ1v) is 5.71. The highest BCUT2D eigenvalue weighted by molar-refractivity contribution is 5.36. The van der Waals surface area contributed by atoms with Crippen molar-refractivity contribution in [1.29, 1.82) is 0 Å². The van der Waals surface area contributed by atoms with Gasteiger partial charge in [-0.1, -0.05) is 6.07 Å². The molecule has 0 aromatic heterocycles. The summed E-state index contributed by atoms with van der Waals surface area (Å²) in [5, 5.41) is 9.38. The fourth-order valence-electron chi connectivity index (χ4n) is 2.54. The van der Waals surface area contributed by atoms with Gasteiger partial charge in [0.05, 0.1) is 0 Å². The molecule has 1 aliphatic carbocycles. The minimum absolute atomic E-state index is 0.300. The zero-order valence-electron chi connectivity index (χ0n) is 9.24. The van der Waals surface area contributed by atoms with Gasteiger partial charge in [-0.05, 0) is 61.8 Å². The van der Waals surface area contributed by atoms with Gasteiger partial charge in [-0.3, -0.25) is 0 Å². The largest absolute Gasteiger partial charge is 0.508 e. The summed E-state index contributed by atoms with van der Waals surface area (Å²) in [6.45, 7) is 2.08. The minimum Gasteiger partial charge on any atom is -0.508 e. The predicted octanol–water partition coefficient (Wildman–Crippen LogP) is 2.23. The van der Waals surface area contributed by atoms with Crippen LogP contribution in [-0.4, -0.2) is 11.1 Å². The standard InChI is InChI=1S/C13H19NO/c1-9(14)6-10-2-3-12-8-13(15)5-4-11(12)7-10/h4-5,8-10,15H,2-3,6-7,14H2,1H3. The van der Waals surface area contributed by atoms with E-state index in [0.29, 0.717) is 11.8 Å². The molecular weight excluding hydrogens is 186 g/mol. The van der Waals surface area contributed by atoms with E-state index in [1.54, 1.807) is 6.07 Å². The van der Waals surface area contributed by atoms with Gasteiger partial charge in [-0.15, -0.1) is 0 Å². The quantitative estimate of drug-likeness (QED) is 0.777. The van der Waals surface area contributed by atoms with E-state index in [2.05, 4.69) is 13.0 Å². The van der Waals surface area contributed by atoms with Crippen LogP contribution in [0.4, 0.5) is 0 Å². The van der Waals surface area contributed by atoms with Gasteiger partial charge in [0.2, 0.25) is 0 Å². The molecule has 15 heavy (non-hydrogen) atoms. The van der Waals surface area contributed by atoms with Crippen LogP contribution in [0.5, 0.6) is 5.75 Å². The molecule has 1 aromatic rings. The van der Waals surface area contributed by atoms with E-state index < -0.39 is 0 Å². The Hall–Kier alpha value is -1.02. The molecule has 2 heteroatoms. The summed E-state index contributed by atoms with van der Waals surface area (Å²) in [6, 6.07) is 6.04. The van der Waals surface area contributed by atoms with Crippen molar-refractivity contribution >= 4 is 0 Å². The topological polar surface area (TPSA) is 46.2 Å². The van der Waals surface area contributed by atoms with E-state index in [0.717, 1.165) is 25.2 Å². The number of hydrogen-bond acceptors (Lipinski definition) is 2. The normalized spacial score (nSPS) is 22.1. The van der Waals surface area contributed by atoms with Crippen molar-refractivity contribution in [3.63, 3.8) is 0 Å². The van der Waals surface area contributed by atoms with Gasteiger partial charge < -0.3 is 10.8 Å². The molecule has 1 aromatic carbocycles. The maximum Gasteiger partial charge on any atom is 0.115 e. The zero-order chi connectivity index (χ0) is 10.8. The number of rotatable bonds is 2. The molecule has 1 aliphatic rings. The number of fused-ring (bicyclic) bond motifs is 1. The van der Waals surface area contributed by atoms with Crippen molar-refractivity contribution in [2.24, 2.45) is 11.7 Å². The van der Waals surface area contributed by atoms with Crippen LogP contribution in [0.25, 0.3) is 0 Å². The Morgan fingerprint density at radius 2 is 2.27 bits per heavy atom. The number of hydrogen-bond donors (Lipinski definition) is 2. The Labute approximate surface area is 91.1 Å². The van der Waals surface area contributed by atoms with E-state index in [4.69, 9.17) is 5.73 Å². The molecule has 0 radical (unpaired) electrons. The summed E-state index contributed by atoms with van der Waals surface area (Å²) in [6.07, 6.45) is 4.52. The fraction of sp³-hybridized carbons (Fsp3) is 0.538. The average Bonchev–Trinajstić information content (AvgIpc) is 2.17. The van der Waals surface area contributed by atoms with Crippen molar-refractivity contribution < 1.29 is 5.11 Å². The predicted molar refractivity (Wildman–Crippen MR) is 61.9 cm³/mol. The van der Waals surface area contributed by atoms with Gasteiger partial charge in [0.15, 0.2) is 0 Å². The molecule has 0 saturated heterocycles. The average molecular weight is 205 g/mol. The van der Waals surface area contributed by atoms with E-state index in [1.807, 2.05) is 6.07 Å². The summed E-state index contributed by atoms with van der Waals surface area (Å²) in [7, 11) is 0. The SMILES string of the molecule is CC(N)CC1CCc2cc(O)ccc2C1. The first kappa shape index (κ1) is 10.5. The van der Waals surface area contributed by atoms with Gasteiger partial charge in [-0.25, -0.2) is 0 Å². The second kappa shape index (κ2) is 4.23. The van der Waals surface area contributed by atoms with Crippen LogP contribution >= 0.6 is 0 Å². The lowest BCUT2D eigenvalue weighted by atomic mass is 9.81. The molecule has 2 nitrogen and oxygen atoms in total. The van der Waals surface area contributed by atoms with Gasteiger partial charge >= 0.3 is 0 Å².